The average Bonchev–Trinajstić information content (AvgIpc) is 3.53. The van der Waals surface area contributed by atoms with Crippen molar-refractivity contribution in [3.05, 3.63) is 53.6 Å². The largest absolute Gasteiger partial charge is 0.497 e. The number of hydrogen-bond donors (Lipinski definition) is 2. The maximum Gasteiger partial charge on any atom is 0.332 e. The molecule has 1 aromatic heterocycles. The normalized spacial score (nSPS) is 18.7. The average molecular weight is 590 g/mol. The molecule has 0 saturated carbocycles. The number of ether oxygens (including phenoxy) is 1. The minimum atomic E-state index is -0.773. The number of rotatable bonds is 10. The molecule has 0 aliphatic carbocycles. The number of nitrogens with two attached hydrogens (primary N) is 1. The lowest BCUT2D eigenvalue weighted by Crippen LogP contribution is -2.66. The van der Waals surface area contributed by atoms with Crippen molar-refractivity contribution in [1.29, 1.82) is 0 Å². The maximum atomic E-state index is 14.1. The molecular weight excluding hydrogens is 554 g/mol. The molecule has 220 valence electrons. The number of nitrogen functional groups attached to an aromatic ring is 1. The van der Waals surface area contributed by atoms with Crippen molar-refractivity contribution in [3.63, 3.8) is 0 Å². The van der Waals surface area contributed by atoms with Crippen LogP contribution in [0.3, 0.4) is 0 Å². The molecule has 3 N–H and O–H groups in total. The number of nitrogens with one attached hydrogen (secondary N) is 1. The molecule has 12 heteroatoms. The number of unbranched alkanes of at least 4 members (excludes halogenated alkanes) is 1. The molecule has 0 unspecified atom stereocenters. The van der Waals surface area contributed by atoms with E-state index in [1.165, 1.54) is 16.3 Å². The Kier molecular flexibility index (Phi) is 8.80. The first-order valence-electron chi connectivity index (χ1n) is 14.0. The van der Waals surface area contributed by atoms with E-state index in [0.29, 0.717) is 23.8 Å². The Morgan fingerprint density at radius 1 is 1.26 bits per heavy atom. The number of carbonyl (C=O) groups excluding carboxylic acids is 3. The van der Waals surface area contributed by atoms with Crippen LogP contribution in [0.5, 0.6) is 5.75 Å². The third-order valence-corrected chi connectivity index (χ3v) is 8.48. The van der Waals surface area contributed by atoms with Crippen LogP contribution in [0.2, 0.25) is 0 Å². The van der Waals surface area contributed by atoms with Crippen LogP contribution in [0.15, 0.2) is 42.5 Å². The summed E-state index contributed by atoms with van der Waals surface area (Å²) in [6.07, 6.45) is 7.14. The summed E-state index contributed by atoms with van der Waals surface area (Å²) >= 11 is 1.39. The Morgan fingerprint density at radius 3 is 2.76 bits per heavy atom. The molecule has 2 aromatic carbocycles. The number of hydrogen-bond acceptors (Lipinski definition) is 8. The SMILES string of the molecule is C#CCN(C(=O)NCCCC)N1CC(=O)N2[C@@H](Cc3ccc(OC)cc3)C(=O)N(Cc3cccc4sc(N)nc34)C[C@@H]21. The van der Waals surface area contributed by atoms with E-state index < -0.39 is 12.2 Å². The third kappa shape index (κ3) is 5.84. The number of amides is 4. The number of benzene rings is 2. The number of para-hydroxylation sites is 1. The van der Waals surface area contributed by atoms with Crippen LogP contribution in [0, 0.1) is 12.3 Å². The molecule has 0 bridgehead atoms. The van der Waals surface area contributed by atoms with Gasteiger partial charge < -0.3 is 25.6 Å². The van der Waals surface area contributed by atoms with Gasteiger partial charge in [-0.15, -0.1) is 6.42 Å². The van der Waals surface area contributed by atoms with Crippen molar-refractivity contribution < 1.29 is 19.1 Å². The highest BCUT2D eigenvalue weighted by atomic mass is 32.1. The fourth-order valence-corrected chi connectivity index (χ4v) is 6.34. The second kappa shape index (κ2) is 12.7. The van der Waals surface area contributed by atoms with Crippen LogP contribution in [0.4, 0.5) is 9.93 Å². The first-order chi connectivity index (χ1) is 20.3. The van der Waals surface area contributed by atoms with Crippen molar-refractivity contribution in [2.24, 2.45) is 0 Å². The topological polar surface area (TPSA) is 124 Å². The fourth-order valence-electron chi connectivity index (χ4n) is 5.56. The number of urea groups is 1. The standard InChI is InChI=1S/C30H35N7O4S/c1-4-6-14-32-30(40)35(15-5-2)36-19-26(38)37-23(16-20-10-12-22(41-3)13-11-20)28(39)34(18-25(36)37)17-21-8-7-9-24-27(21)33-29(31)42-24/h2,7-13,23,25H,4,6,14-19H2,1,3H3,(H2,31,33)(H,32,40)/t23-,25+/m0/s1. The lowest BCUT2D eigenvalue weighted by atomic mass is 9.99. The molecule has 3 heterocycles. The van der Waals surface area contributed by atoms with Gasteiger partial charge in [-0.2, -0.15) is 5.01 Å². The Labute approximate surface area is 249 Å². The van der Waals surface area contributed by atoms with Crippen LogP contribution in [-0.2, 0) is 22.6 Å². The summed E-state index contributed by atoms with van der Waals surface area (Å²) in [6.45, 7) is 2.94. The van der Waals surface area contributed by atoms with E-state index in [-0.39, 0.29) is 44.0 Å². The van der Waals surface area contributed by atoms with Crippen molar-refractivity contribution in [2.45, 2.75) is 44.9 Å². The van der Waals surface area contributed by atoms with E-state index in [9.17, 15) is 14.4 Å². The summed E-state index contributed by atoms with van der Waals surface area (Å²) in [6, 6.07) is 12.1. The van der Waals surface area contributed by atoms with Crippen LogP contribution < -0.4 is 15.8 Å². The summed E-state index contributed by atoms with van der Waals surface area (Å²) < 4.78 is 6.23. The number of terminal acetylenes is 1. The molecule has 0 radical (unpaired) electrons. The Hall–Kier alpha value is -4.34. The fraction of sp³-hybridized carbons (Fsp3) is 0.400. The third-order valence-electron chi connectivity index (χ3n) is 7.63. The zero-order valence-electron chi connectivity index (χ0n) is 23.8. The van der Waals surface area contributed by atoms with Crippen molar-refractivity contribution in [1.82, 2.24) is 30.1 Å². The zero-order valence-corrected chi connectivity index (χ0v) is 24.6. The van der Waals surface area contributed by atoms with Gasteiger partial charge in [-0.05, 0) is 35.7 Å². The summed E-state index contributed by atoms with van der Waals surface area (Å²) in [5.74, 6) is 2.85. The second-order valence-corrected chi connectivity index (χ2v) is 11.4. The van der Waals surface area contributed by atoms with Gasteiger partial charge in [-0.3, -0.25) is 9.59 Å². The quantitative estimate of drug-likeness (QED) is 0.275. The first kappa shape index (κ1) is 29.2. The van der Waals surface area contributed by atoms with Crippen LogP contribution in [0.25, 0.3) is 10.2 Å². The number of thiazole rings is 1. The van der Waals surface area contributed by atoms with E-state index in [2.05, 4.69) is 16.2 Å². The first-order valence-corrected chi connectivity index (χ1v) is 14.8. The van der Waals surface area contributed by atoms with E-state index in [1.807, 2.05) is 49.4 Å². The Bertz CT molecular complexity index is 1500. The minimum absolute atomic E-state index is 0.00984. The van der Waals surface area contributed by atoms with Gasteiger partial charge in [0, 0.05) is 19.5 Å². The predicted molar refractivity (Wildman–Crippen MR) is 161 cm³/mol. The highest BCUT2D eigenvalue weighted by molar-refractivity contribution is 7.22. The zero-order chi connectivity index (χ0) is 29.8. The number of hydrazine groups is 1. The molecule has 2 saturated heterocycles. The second-order valence-electron chi connectivity index (χ2n) is 10.3. The van der Waals surface area contributed by atoms with Gasteiger partial charge in [0.2, 0.25) is 11.8 Å². The molecule has 3 aromatic rings. The van der Waals surface area contributed by atoms with Gasteiger partial charge in [0.05, 0.1) is 37.0 Å². The number of methoxy groups -OCH3 is 1. The van der Waals surface area contributed by atoms with E-state index in [4.69, 9.17) is 16.9 Å². The summed E-state index contributed by atoms with van der Waals surface area (Å²) in [5.41, 5.74) is 8.49. The Balaban J connectivity index is 1.49. The number of nitrogens with zero attached hydrogens (tertiary/aromatic N) is 5. The van der Waals surface area contributed by atoms with Gasteiger partial charge in [0.1, 0.15) is 18.0 Å². The maximum absolute atomic E-state index is 14.1. The van der Waals surface area contributed by atoms with Gasteiger partial charge in [0.25, 0.3) is 0 Å². The van der Waals surface area contributed by atoms with E-state index in [0.717, 1.165) is 34.2 Å². The number of anilines is 1. The van der Waals surface area contributed by atoms with Crippen molar-refractivity contribution in [2.75, 3.05) is 39.0 Å². The molecule has 2 atom stereocenters. The molecule has 42 heavy (non-hydrogen) atoms. The van der Waals surface area contributed by atoms with Crippen LogP contribution in [-0.4, -0.2) is 88.1 Å². The van der Waals surface area contributed by atoms with Crippen molar-refractivity contribution in [3.8, 4) is 18.1 Å². The van der Waals surface area contributed by atoms with Gasteiger partial charge in [0.15, 0.2) is 5.13 Å². The molecule has 4 amide bonds. The van der Waals surface area contributed by atoms with E-state index >= 15 is 0 Å². The smallest absolute Gasteiger partial charge is 0.332 e. The number of piperazine rings is 1. The monoisotopic (exact) mass is 589 g/mol. The number of carbonyl (C=O) groups is 3. The highest BCUT2D eigenvalue weighted by Gasteiger charge is 2.52. The van der Waals surface area contributed by atoms with Crippen LogP contribution in [0.1, 0.15) is 30.9 Å². The highest BCUT2D eigenvalue weighted by Crippen LogP contribution is 2.32. The van der Waals surface area contributed by atoms with Gasteiger partial charge in [-0.25, -0.2) is 14.8 Å². The molecule has 5 rings (SSSR count). The molecule has 2 fully saturated rings. The molecular formula is C30H35N7O4S. The molecule has 11 nitrogen and oxygen atoms in total. The summed E-state index contributed by atoms with van der Waals surface area (Å²) in [7, 11) is 1.59. The Morgan fingerprint density at radius 2 is 2.05 bits per heavy atom. The minimum Gasteiger partial charge on any atom is -0.497 e. The van der Waals surface area contributed by atoms with Crippen LogP contribution >= 0.6 is 11.3 Å². The summed E-state index contributed by atoms with van der Waals surface area (Å²) in [4.78, 5) is 48.8. The molecule has 0 spiro atoms. The molecule has 2 aliphatic rings. The van der Waals surface area contributed by atoms with Crippen molar-refractivity contribution >= 4 is 44.5 Å². The molecule has 2 aliphatic heterocycles. The summed E-state index contributed by atoms with van der Waals surface area (Å²) in [5, 5.41) is 6.48. The van der Waals surface area contributed by atoms with Gasteiger partial charge >= 0.3 is 6.03 Å². The lowest BCUT2D eigenvalue weighted by molar-refractivity contribution is -0.157. The number of aromatic nitrogens is 1. The lowest BCUT2D eigenvalue weighted by Gasteiger charge is -2.46. The predicted octanol–water partition coefficient (Wildman–Crippen LogP) is 2.67. The van der Waals surface area contributed by atoms with E-state index in [1.54, 1.807) is 21.9 Å². The van der Waals surface area contributed by atoms with Gasteiger partial charge in [-0.1, -0.05) is 54.9 Å². The number of fused-ring (bicyclic) bond motifs is 2.